The van der Waals surface area contributed by atoms with E-state index in [9.17, 15) is 14.4 Å². The summed E-state index contributed by atoms with van der Waals surface area (Å²) in [5.41, 5.74) is 0.336. The molecule has 3 aromatic rings. The summed E-state index contributed by atoms with van der Waals surface area (Å²) in [5.74, 6) is -0.677. The molecule has 8 heteroatoms. The van der Waals surface area contributed by atoms with Crippen LogP contribution in [0.3, 0.4) is 0 Å². The van der Waals surface area contributed by atoms with Gasteiger partial charge in [-0.25, -0.2) is 4.98 Å². The number of amides is 3. The van der Waals surface area contributed by atoms with Crippen LogP contribution in [0.5, 0.6) is 0 Å². The number of pyridine rings is 1. The number of likely N-dealkylation sites (tertiary alicyclic amines) is 2. The Bertz CT molecular complexity index is 1150. The molecule has 2 atom stereocenters. The number of nitrogens with zero attached hydrogens (tertiary/aromatic N) is 4. The van der Waals surface area contributed by atoms with Crippen LogP contribution in [-0.4, -0.2) is 44.0 Å². The first-order valence-corrected chi connectivity index (χ1v) is 11.9. The van der Waals surface area contributed by atoms with Crippen molar-refractivity contribution in [1.82, 2.24) is 19.8 Å². The van der Waals surface area contributed by atoms with E-state index in [1.54, 1.807) is 42.1 Å². The number of rotatable bonds is 6. The summed E-state index contributed by atoms with van der Waals surface area (Å²) in [6.07, 6.45) is 6.75. The third-order valence-electron chi connectivity index (χ3n) is 6.59. The second-order valence-electron chi connectivity index (χ2n) is 8.56. The summed E-state index contributed by atoms with van der Waals surface area (Å²) in [4.78, 5) is 52.1. The fourth-order valence-corrected chi connectivity index (χ4v) is 5.72. The Morgan fingerprint density at radius 3 is 2.61 bits per heavy atom. The Morgan fingerprint density at radius 2 is 1.88 bits per heavy atom. The molecule has 0 bridgehead atoms. The number of hydrogen-bond acceptors (Lipinski definition) is 6. The molecule has 2 aliphatic heterocycles. The molecule has 0 unspecified atom stereocenters. The van der Waals surface area contributed by atoms with Crippen molar-refractivity contribution in [2.45, 2.75) is 43.7 Å². The average molecular weight is 461 g/mol. The Hall–Kier alpha value is -3.39. The molecule has 33 heavy (non-hydrogen) atoms. The summed E-state index contributed by atoms with van der Waals surface area (Å²) in [6.45, 7) is 0.811. The van der Waals surface area contributed by atoms with Crippen LogP contribution in [-0.2, 0) is 26.3 Å². The Kier molecular flexibility index (Phi) is 5.76. The van der Waals surface area contributed by atoms with Gasteiger partial charge in [-0.1, -0.05) is 30.3 Å². The molecule has 2 saturated heterocycles. The summed E-state index contributed by atoms with van der Waals surface area (Å²) in [5, 5.41) is 2.83. The topological polar surface area (TPSA) is 83.5 Å². The molecular weight excluding hydrogens is 436 g/mol. The molecule has 4 heterocycles. The van der Waals surface area contributed by atoms with Gasteiger partial charge in [0.15, 0.2) is 0 Å². The number of carbonyl (C=O) groups excluding carboxylic acids is 3. The molecule has 2 fully saturated rings. The molecule has 3 amide bonds. The van der Waals surface area contributed by atoms with Crippen molar-refractivity contribution >= 4 is 29.1 Å². The largest absolute Gasteiger partial charge is 0.333 e. The maximum atomic E-state index is 13.8. The highest BCUT2D eigenvalue weighted by atomic mass is 32.1. The number of carbonyl (C=O) groups is 3. The molecular formula is C25H24N4O3S. The van der Waals surface area contributed by atoms with Crippen LogP contribution >= 0.6 is 11.3 Å². The van der Waals surface area contributed by atoms with Crippen LogP contribution < -0.4 is 0 Å². The van der Waals surface area contributed by atoms with Gasteiger partial charge < -0.3 is 4.90 Å². The normalized spacial score (nSPS) is 22.8. The Morgan fingerprint density at radius 1 is 1.09 bits per heavy atom. The summed E-state index contributed by atoms with van der Waals surface area (Å²) in [7, 11) is 0. The summed E-state index contributed by atoms with van der Waals surface area (Å²) >= 11 is 1.54. The molecule has 7 nitrogen and oxygen atoms in total. The third kappa shape index (κ3) is 3.95. The van der Waals surface area contributed by atoms with Crippen molar-refractivity contribution in [1.29, 1.82) is 0 Å². The summed E-state index contributed by atoms with van der Waals surface area (Å²) < 4.78 is 0. The molecule has 5 rings (SSSR count). The van der Waals surface area contributed by atoms with E-state index in [4.69, 9.17) is 0 Å². The van der Waals surface area contributed by atoms with Gasteiger partial charge in [0.2, 0.25) is 17.7 Å². The zero-order valence-corrected chi connectivity index (χ0v) is 18.9. The molecule has 0 radical (unpaired) electrons. The van der Waals surface area contributed by atoms with Crippen LogP contribution in [0.1, 0.15) is 47.9 Å². The lowest BCUT2D eigenvalue weighted by Gasteiger charge is -2.31. The molecule has 2 aliphatic rings. The van der Waals surface area contributed by atoms with Gasteiger partial charge in [-0.3, -0.25) is 24.3 Å². The van der Waals surface area contributed by atoms with E-state index in [0.29, 0.717) is 12.1 Å². The lowest BCUT2D eigenvalue weighted by atomic mass is 9.75. The lowest BCUT2D eigenvalue weighted by Crippen LogP contribution is -2.43. The van der Waals surface area contributed by atoms with E-state index >= 15 is 0 Å². The smallest absolute Gasteiger partial charge is 0.241 e. The minimum Gasteiger partial charge on any atom is -0.333 e. The fraction of sp³-hybridized carbons (Fsp3) is 0.320. The third-order valence-corrected chi connectivity index (χ3v) is 7.46. The Balaban J connectivity index is 1.46. The van der Waals surface area contributed by atoms with E-state index in [0.717, 1.165) is 23.4 Å². The highest BCUT2D eigenvalue weighted by molar-refractivity contribution is 7.09. The fourth-order valence-electron chi connectivity index (χ4n) is 4.94. The SMILES string of the molecule is O=C1C[C@@](CC(=O)N2CCC[C@@H]2c2nccs2)(c2ccccc2)C(=O)N1Cc1ccncc1. The van der Waals surface area contributed by atoms with Gasteiger partial charge in [0.05, 0.1) is 18.0 Å². The van der Waals surface area contributed by atoms with Crippen molar-refractivity contribution in [3.63, 3.8) is 0 Å². The first-order chi connectivity index (χ1) is 16.1. The van der Waals surface area contributed by atoms with Crippen molar-refractivity contribution in [2.24, 2.45) is 0 Å². The molecule has 0 spiro atoms. The molecule has 1 aromatic carbocycles. The molecule has 0 aliphatic carbocycles. The van der Waals surface area contributed by atoms with Crippen molar-refractivity contribution < 1.29 is 14.4 Å². The van der Waals surface area contributed by atoms with E-state index in [1.807, 2.05) is 40.6 Å². The maximum absolute atomic E-state index is 13.8. The minimum atomic E-state index is -1.20. The van der Waals surface area contributed by atoms with E-state index in [-0.39, 0.29) is 43.1 Å². The van der Waals surface area contributed by atoms with Gasteiger partial charge in [-0.2, -0.15) is 0 Å². The number of hydrogen-bond donors (Lipinski definition) is 0. The predicted octanol–water partition coefficient (Wildman–Crippen LogP) is 3.49. The van der Waals surface area contributed by atoms with Crippen LogP contribution in [0.15, 0.2) is 66.4 Å². The monoisotopic (exact) mass is 460 g/mol. The number of aromatic nitrogens is 2. The summed E-state index contributed by atoms with van der Waals surface area (Å²) in [6, 6.07) is 12.8. The zero-order valence-electron chi connectivity index (χ0n) is 18.1. The Labute approximate surface area is 196 Å². The molecule has 2 aromatic heterocycles. The quantitative estimate of drug-likeness (QED) is 0.526. The maximum Gasteiger partial charge on any atom is 0.241 e. The van der Waals surface area contributed by atoms with Crippen molar-refractivity contribution in [2.75, 3.05) is 6.54 Å². The van der Waals surface area contributed by atoms with Gasteiger partial charge in [0, 0.05) is 43.4 Å². The van der Waals surface area contributed by atoms with Crippen LogP contribution in [0.4, 0.5) is 0 Å². The van der Waals surface area contributed by atoms with Crippen LogP contribution in [0.25, 0.3) is 0 Å². The van der Waals surface area contributed by atoms with Crippen LogP contribution in [0.2, 0.25) is 0 Å². The van der Waals surface area contributed by atoms with E-state index in [1.165, 1.54) is 4.90 Å². The number of thiazole rings is 1. The molecule has 0 saturated carbocycles. The standard InChI is InChI=1S/C25H24N4O3S/c30-21(28-13-4-7-20(28)23-27-12-14-33-23)15-25(19-5-2-1-3-6-19)16-22(31)29(24(25)32)17-18-8-10-26-11-9-18/h1-3,5-6,8-12,14,20H,4,7,13,15-17H2/t20-,25+/m1/s1. The van der Waals surface area contributed by atoms with E-state index in [2.05, 4.69) is 9.97 Å². The van der Waals surface area contributed by atoms with Crippen molar-refractivity contribution in [3.8, 4) is 0 Å². The zero-order chi connectivity index (χ0) is 22.8. The lowest BCUT2D eigenvalue weighted by molar-refractivity contribution is -0.143. The van der Waals surface area contributed by atoms with E-state index < -0.39 is 5.41 Å². The van der Waals surface area contributed by atoms with Gasteiger partial charge in [0.1, 0.15) is 5.01 Å². The van der Waals surface area contributed by atoms with Crippen LogP contribution in [0, 0.1) is 0 Å². The first kappa shape index (κ1) is 21.5. The second-order valence-corrected chi connectivity index (χ2v) is 9.48. The van der Waals surface area contributed by atoms with Gasteiger partial charge >= 0.3 is 0 Å². The van der Waals surface area contributed by atoms with Gasteiger partial charge in [-0.15, -0.1) is 11.3 Å². The minimum absolute atomic E-state index is 0.0115. The predicted molar refractivity (Wildman–Crippen MR) is 123 cm³/mol. The first-order valence-electron chi connectivity index (χ1n) is 11.1. The van der Waals surface area contributed by atoms with Gasteiger partial charge in [-0.05, 0) is 36.1 Å². The average Bonchev–Trinajstić information content (AvgIpc) is 3.58. The number of imide groups is 1. The molecule has 168 valence electrons. The van der Waals surface area contributed by atoms with Gasteiger partial charge in [0.25, 0.3) is 0 Å². The second kappa shape index (κ2) is 8.86. The highest BCUT2D eigenvalue weighted by Gasteiger charge is 2.54. The van der Waals surface area contributed by atoms with Crippen molar-refractivity contribution in [3.05, 3.63) is 82.6 Å². The highest BCUT2D eigenvalue weighted by Crippen LogP contribution is 2.42. The molecule has 0 N–H and O–H groups in total. The number of benzene rings is 1.